The minimum Gasteiger partial charge on any atom is -0.490 e. The van der Waals surface area contributed by atoms with Gasteiger partial charge in [-0.3, -0.25) is 0 Å². The fraction of sp³-hybridized carbons (Fsp3) is 0.188. The van der Waals surface area contributed by atoms with Gasteiger partial charge in [0.1, 0.15) is 11.6 Å². The average molecular weight is 243 g/mol. The molecule has 0 fully saturated rings. The molecule has 0 aliphatic carbocycles. The van der Waals surface area contributed by atoms with E-state index in [0.717, 1.165) is 16.9 Å². The molecule has 2 rings (SSSR count). The number of ether oxygens (including phenoxy) is 1. The highest BCUT2D eigenvalue weighted by atomic mass is 19.1. The third-order valence-electron chi connectivity index (χ3n) is 2.67. The zero-order valence-corrected chi connectivity index (χ0v) is 10.4. The molecule has 0 amide bonds. The molecule has 2 aromatic rings. The molecule has 0 bridgehead atoms. The van der Waals surface area contributed by atoms with Crippen molar-refractivity contribution >= 4 is 0 Å². The normalized spacial score (nSPS) is 12.2. The summed E-state index contributed by atoms with van der Waals surface area (Å²) in [7, 11) is 0. The van der Waals surface area contributed by atoms with Crippen LogP contribution in [0.25, 0.3) is 0 Å². The Morgan fingerprint density at radius 3 is 2.56 bits per heavy atom. The summed E-state index contributed by atoms with van der Waals surface area (Å²) >= 11 is 0. The minimum absolute atomic E-state index is 0.00228. The van der Waals surface area contributed by atoms with Crippen molar-refractivity contribution in [2.24, 2.45) is 0 Å². The average Bonchev–Trinajstić information content (AvgIpc) is 2.32. The maximum absolute atomic E-state index is 13.0. The Hall–Kier alpha value is -1.83. The SMILES string of the molecule is [CH2]c1ccc(OC(C)Cc2cccc(F)c2)cc1. The highest BCUT2D eigenvalue weighted by molar-refractivity contribution is 5.29. The molecule has 1 atom stereocenters. The van der Waals surface area contributed by atoms with Crippen molar-refractivity contribution in [2.45, 2.75) is 19.4 Å². The molecule has 1 nitrogen and oxygen atoms in total. The molecular weight excluding hydrogens is 227 g/mol. The first-order valence-corrected chi connectivity index (χ1v) is 5.96. The van der Waals surface area contributed by atoms with E-state index in [1.165, 1.54) is 6.07 Å². The van der Waals surface area contributed by atoms with Crippen molar-refractivity contribution in [1.82, 2.24) is 0 Å². The Balaban J connectivity index is 1.96. The lowest BCUT2D eigenvalue weighted by molar-refractivity contribution is 0.222. The Kier molecular flexibility index (Phi) is 3.98. The topological polar surface area (TPSA) is 9.23 Å². The Morgan fingerprint density at radius 2 is 1.89 bits per heavy atom. The highest BCUT2D eigenvalue weighted by Crippen LogP contribution is 2.15. The molecule has 2 heteroatoms. The van der Waals surface area contributed by atoms with Gasteiger partial charge in [0.15, 0.2) is 0 Å². The Morgan fingerprint density at radius 1 is 1.17 bits per heavy atom. The van der Waals surface area contributed by atoms with Crippen LogP contribution in [0.2, 0.25) is 0 Å². The molecule has 1 unspecified atom stereocenters. The summed E-state index contributed by atoms with van der Waals surface area (Å²) in [6.07, 6.45) is 0.687. The van der Waals surface area contributed by atoms with E-state index in [0.29, 0.717) is 6.42 Å². The standard InChI is InChI=1S/C16H16FO/c1-12-6-8-16(9-7-12)18-13(2)10-14-4-3-5-15(17)11-14/h3-9,11,13H,1,10H2,2H3. The molecule has 1 radical (unpaired) electrons. The van der Waals surface area contributed by atoms with Crippen LogP contribution in [0.1, 0.15) is 18.1 Å². The number of hydrogen-bond donors (Lipinski definition) is 0. The van der Waals surface area contributed by atoms with E-state index in [-0.39, 0.29) is 11.9 Å². The number of hydrogen-bond acceptors (Lipinski definition) is 1. The molecule has 93 valence electrons. The van der Waals surface area contributed by atoms with E-state index in [9.17, 15) is 4.39 Å². The first kappa shape index (κ1) is 12.6. The molecule has 0 spiro atoms. The lowest BCUT2D eigenvalue weighted by atomic mass is 10.1. The minimum atomic E-state index is -0.207. The summed E-state index contributed by atoms with van der Waals surface area (Å²) in [6, 6.07) is 14.2. The summed E-state index contributed by atoms with van der Waals surface area (Å²) in [6.45, 7) is 5.80. The van der Waals surface area contributed by atoms with Crippen LogP contribution < -0.4 is 4.74 Å². The second-order valence-electron chi connectivity index (χ2n) is 4.41. The van der Waals surface area contributed by atoms with Crippen molar-refractivity contribution < 1.29 is 9.13 Å². The van der Waals surface area contributed by atoms with Crippen LogP contribution in [0.5, 0.6) is 5.75 Å². The Labute approximate surface area is 107 Å². The molecule has 18 heavy (non-hydrogen) atoms. The number of benzene rings is 2. The molecule has 0 saturated carbocycles. The van der Waals surface area contributed by atoms with Gasteiger partial charge in [0.25, 0.3) is 0 Å². The third-order valence-corrected chi connectivity index (χ3v) is 2.67. The van der Waals surface area contributed by atoms with Crippen LogP contribution >= 0.6 is 0 Å². The summed E-state index contributed by atoms with van der Waals surface area (Å²) in [5.74, 6) is 0.604. The van der Waals surface area contributed by atoms with Crippen molar-refractivity contribution in [2.75, 3.05) is 0 Å². The van der Waals surface area contributed by atoms with Gasteiger partial charge in [-0.1, -0.05) is 24.3 Å². The fourth-order valence-electron chi connectivity index (χ4n) is 1.84. The van der Waals surface area contributed by atoms with Gasteiger partial charge >= 0.3 is 0 Å². The summed E-state index contributed by atoms with van der Waals surface area (Å²) < 4.78 is 18.8. The van der Waals surface area contributed by atoms with E-state index >= 15 is 0 Å². The molecule has 0 aromatic heterocycles. The predicted octanol–water partition coefficient (Wildman–Crippen LogP) is 4.02. The van der Waals surface area contributed by atoms with Gasteiger partial charge in [0.2, 0.25) is 0 Å². The smallest absolute Gasteiger partial charge is 0.123 e. The molecule has 2 aromatic carbocycles. The molecular formula is C16H16FO. The van der Waals surface area contributed by atoms with Gasteiger partial charge in [0.05, 0.1) is 6.10 Å². The molecule has 0 aliphatic rings. The van der Waals surface area contributed by atoms with Crippen LogP contribution in [-0.2, 0) is 6.42 Å². The number of halogens is 1. The first-order chi connectivity index (χ1) is 8.63. The molecule has 0 heterocycles. The van der Waals surface area contributed by atoms with Crippen LogP contribution in [-0.4, -0.2) is 6.10 Å². The quantitative estimate of drug-likeness (QED) is 0.788. The van der Waals surface area contributed by atoms with Crippen molar-refractivity contribution in [3.05, 3.63) is 72.4 Å². The predicted molar refractivity (Wildman–Crippen MR) is 71.1 cm³/mol. The zero-order chi connectivity index (χ0) is 13.0. The van der Waals surface area contributed by atoms with Crippen molar-refractivity contribution in [1.29, 1.82) is 0 Å². The van der Waals surface area contributed by atoms with E-state index in [1.54, 1.807) is 12.1 Å². The lowest BCUT2D eigenvalue weighted by Crippen LogP contribution is -2.15. The maximum atomic E-state index is 13.0. The van der Waals surface area contributed by atoms with Crippen LogP contribution in [0.15, 0.2) is 48.5 Å². The largest absolute Gasteiger partial charge is 0.490 e. The Bertz CT molecular complexity index is 505. The summed E-state index contributed by atoms with van der Waals surface area (Å²) in [5.41, 5.74) is 1.90. The second kappa shape index (κ2) is 5.67. The summed E-state index contributed by atoms with van der Waals surface area (Å²) in [5, 5.41) is 0. The first-order valence-electron chi connectivity index (χ1n) is 5.96. The molecule has 0 saturated heterocycles. The monoisotopic (exact) mass is 243 g/mol. The second-order valence-corrected chi connectivity index (χ2v) is 4.41. The van der Waals surface area contributed by atoms with Crippen LogP contribution in [0.4, 0.5) is 4.39 Å². The number of rotatable bonds is 4. The molecule has 0 N–H and O–H groups in total. The van der Waals surface area contributed by atoms with Gasteiger partial charge in [-0.25, -0.2) is 4.39 Å². The van der Waals surface area contributed by atoms with Gasteiger partial charge in [-0.15, -0.1) is 0 Å². The summed E-state index contributed by atoms with van der Waals surface area (Å²) in [4.78, 5) is 0. The van der Waals surface area contributed by atoms with E-state index in [1.807, 2.05) is 37.3 Å². The van der Waals surface area contributed by atoms with Gasteiger partial charge < -0.3 is 4.74 Å². The highest BCUT2D eigenvalue weighted by Gasteiger charge is 2.06. The van der Waals surface area contributed by atoms with Gasteiger partial charge in [0, 0.05) is 6.42 Å². The maximum Gasteiger partial charge on any atom is 0.123 e. The van der Waals surface area contributed by atoms with Crippen molar-refractivity contribution in [3.8, 4) is 5.75 Å². The van der Waals surface area contributed by atoms with Crippen LogP contribution in [0, 0.1) is 12.7 Å². The van der Waals surface area contributed by atoms with E-state index in [2.05, 4.69) is 6.92 Å². The molecule has 0 aliphatic heterocycles. The van der Waals surface area contributed by atoms with Crippen molar-refractivity contribution in [3.63, 3.8) is 0 Å². The van der Waals surface area contributed by atoms with Gasteiger partial charge in [-0.2, -0.15) is 0 Å². The zero-order valence-electron chi connectivity index (χ0n) is 10.4. The lowest BCUT2D eigenvalue weighted by Gasteiger charge is -2.15. The van der Waals surface area contributed by atoms with E-state index < -0.39 is 0 Å². The van der Waals surface area contributed by atoms with E-state index in [4.69, 9.17) is 4.74 Å². The third kappa shape index (κ3) is 3.59. The van der Waals surface area contributed by atoms with Gasteiger partial charge in [-0.05, 0) is 49.2 Å². The fourth-order valence-corrected chi connectivity index (χ4v) is 1.84. The van der Waals surface area contributed by atoms with Crippen LogP contribution in [0.3, 0.4) is 0 Å².